The lowest BCUT2D eigenvalue weighted by molar-refractivity contribution is -0.137. The molecule has 0 radical (unpaired) electrons. The number of halogens is 4. The van der Waals surface area contributed by atoms with Crippen LogP contribution in [0.3, 0.4) is 0 Å². The van der Waals surface area contributed by atoms with Gasteiger partial charge >= 0.3 is 6.18 Å². The van der Waals surface area contributed by atoms with E-state index in [9.17, 15) is 22.8 Å². The molecule has 3 aromatic rings. The van der Waals surface area contributed by atoms with Gasteiger partial charge in [0.2, 0.25) is 0 Å². The van der Waals surface area contributed by atoms with Gasteiger partial charge in [-0.25, -0.2) is 0 Å². The van der Waals surface area contributed by atoms with Gasteiger partial charge in [0.25, 0.3) is 11.8 Å². The van der Waals surface area contributed by atoms with Gasteiger partial charge in [-0.2, -0.15) is 13.2 Å². The number of pyridine rings is 1. The molecule has 0 atom stereocenters. The Kier molecular flexibility index (Phi) is 6.22. The minimum absolute atomic E-state index is 0.199. The summed E-state index contributed by atoms with van der Waals surface area (Å²) in [6.45, 7) is 0. The lowest BCUT2D eigenvalue weighted by Crippen LogP contribution is -2.41. The summed E-state index contributed by atoms with van der Waals surface area (Å²) in [5.41, 5.74) is 2.94. The van der Waals surface area contributed by atoms with Crippen molar-refractivity contribution in [2.24, 2.45) is 0 Å². The number of alkyl halides is 3. The molecule has 154 valence electrons. The van der Waals surface area contributed by atoms with Crippen LogP contribution in [0.5, 0.6) is 11.5 Å². The minimum atomic E-state index is -4.71. The van der Waals surface area contributed by atoms with Gasteiger partial charge in [0, 0.05) is 23.5 Å². The molecule has 10 heteroatoms. The Labute approximate surface area is 173 Å². The van der Waals surface area contributed by atoms with E-state index in [4.69, 9.17) is 16.3 Å². The molecular formula is C20H13ClF3N3O3. The van der Waals surface area contributed by atoms with Crippen molar-refractivity contribution in [1.29, 1.82) is 0 Å². The van der Waals surface area contributed by atoms with Gasteiger partial charge in [-0.05, 0) is 54.6 Å². The maximum absolute atomic E-state index is 12.9. The van der Waals surface area contributed by atoms with Crippen LogP contribution in [0.15, 0.2) is 67.0 Å². The first-order valence-corrected chi connectivity index (χ1v) is 8.77. The smallest absolute Gasteiger partial charge is 0.417 e. The van der Waals surface area contributed by atoms with E-state index in [-0.39, 0.29) is 11.1 Å². The van der Waals surface area contributed by atoms with E-state index in [0.29, 0.717) is 17.6 Å². The molecule has 0 spiro atoms. The highest BCUT2D eigenvalue weighted by molar-refractivity contribution is 6.31. The Morgan fingerprint density at radius 1 is 0.833 bits per heavy atom. The summed E-state index contributed by atoms with van der Waals surface area (Å²) in [6, 6.07) is 12.0. The Hall–Kier alpha value is -3.59. The largest absolute Gasteiger partial charge is 0.457 e. The lowest BCUT2D eigenvalue weighted by atomic mass is 10.1. The topological polar surface area (TPSA) is 80.3 Å². The second kappa shape index (κ2) is 8.83. The van der Waals surface area contributed by atoms with Crippen LogP contribution in [0.25, 0.3) is 0 Å². The van der Waals surface area contributed by atoms with Crippen molar-refractivity contribution in [1.82, 2.24) is 15.8 Å². The number of hydrogen-bond acceptors (Lipinski definition) is 4. The monoisotopic (exact) mass is 435 g/mol. The van der Waals surface area contributed by atoms with Gasteiger partial charge in [-0.1, -0.05) is 11.6 Å². The van der Waals surface area contributed by atoms with E-state index in [2.05, 4.69) is 15.8 Å². The van der Waals surface area contributed by atoms with Crippen molar-refractivity contribution < 1.29 is 27.5 Å². The van der Waals surface area contributed by atoms with Gasteiger partial charge in [0.1, 0.15) is 11.5 Å². The molecule has 0 aliphatic rings. The second-order valence-corrected chi connectivity index (χ2v) is 6.32. The van der Waals surface area contributed by atoms with Gasteiger partial charge in [0.15, 0.2) is 0 Å². The zero-order valence-corrected chi connectivity index (χ0v) is 15.8. The molecule has 2 amide bonds. The van der Waals surface area contributed by atoms with Crippen molar-refractivity contribution in [2.75, 3.05) is 0 Å². The predicted molar refractivity (Wildman–Crippen MR) is 102 cm³/mol. The number of aromatic nitrogens is 1. The first-order valence-electron chi connectivity index (χ1n) is 8.39. The highest BCUT2D eigenvalue weighted by atomic mass is 35.5. The molecule has 3 rings (SSSR count). The van der Waals surface area contributed by atoms with Crippen LogP contribution in [0.1, 0.15) is 26.3 Å². The Balaban J connectivity index is 1.61. The molecular weight excluding hydrogens is 423 g/mol. The van der Waals surface area contributed by atoms with E-state index >= 15 is 0 Å². The van der Waals surface area contributed by atoms with Crippen LogP contribution in [0.2, 0.25) is 5.02 Å². The Bertz CT molecular complexity index is 1060. The lowest BCUT2D eigenvalue weighted by Gasteiger charge is -2.12. The molecule has 2 N–H and O–H groups in total. The number of nitrogens with zero attached hydrogens (tertiary/aromatic N) is 1. The summed E-state index contributed by atoms with van der Waals surface area (Å²) in [5, 5.41) is -0.530. The van der Waals surface area contributed by atoms with Crippen LogP contribution in [-0.4, -0.2) is 16.8 Å². The van der Waals surface area contributed by atoms with E-state index in [1.807, 2.05) is 0 Å². The van der Waals surface area contributed by atoms with Crippen LogP contribution < -0.4 is 15.6 Å². The molecule has 0 saturated carbocycles. The number of hydrogen-bond donors (Lipinski definition) is 2. The van der Waals surface area contributed by atoms with E-state index < -0.39 is 28.6 Å². The predicted octanol–water partition coefficient (Wildman–Crippen LogP) is 4.62. The molecule has 2 aromatic carbocycles. The van der Waals surface area contributed by atoms with Gasteiger partial charge < -0.3 is 4.74 Å². The number of benzene rings is 2. The average molecular weight is 436 g/mol. The van der Waals surface area contributed by atoms with Crippen molar-refractivity contribution in [2.45, 2.75) is 6.18 Å². The number of hydrazine groups is 1. The summed E-state index contributed by atoms with van der Waals surface area (Å²) < 4.78 is 44.3. The van der Waals surface area contributed by atoms with Crippen LogP contribution >= 0.6 is 11.6 Å². The molecule has 0 aliphatic carbocycles. The van der Waals surface area contributed by atoms with E-state index in [0.717, 1.165) is 12.1 Å². The number of rotatable bonds is 4. The van der Waals surface area contributed by atoms with E-state index in [1.54, 1.807) is 36.7 Å². The third-order valence-corrected chi connectivity index (χ3v) is 4.16. The molecule has 30 heavy (non-hydrogen) atoms. The van der Waals surface area contributed by atoms with Crippen molar-refractivity contribution in [3.8, 4) is 11.5 Å². The molecule has 0 saturated heterocycles. The molecule has 0 unspecified atom stereocenters. The molecule has 0 fully saturated rings. The highest BCUT2D eigenvalue weighted by Crippen LogP contribution is 2.35. The molecule has 6 nitrogen and oxygen atoms in total. The van der Waals surface area contributed by atoms with Gasteiger partial charge in [-0.15, -0.1) is 0 Å². The molecule has 0 aliphatic heterocycles. The summed E-state index contributed by atoms with van der Waals surface area (Å²) in [5.74, 6) is -0.551. The number of carbonyl (C=O) groups is 2. The van der Waals surface area contributed by atoms with Crippen LogP contribution in [0.4, 0.5) is 13.2 Å². The molecule has 1 aromatic heterocycles. The zero-order chi connectivity index (χ0) is 21.7. The minimum Gasteiger partial charge on any atom is -0.457 e. The van der Waals surface area contributed by atoms with E-state index in [1.165, 1.54) is 12.1 Å². The highest BCUT2D eigenvalue weighted by Gasteiger charge is 2.33. The zero-order valence-electron chi connectivity index (χ0n) is 15.0. The second-order valence-electron chi connectivity index (χ2n) is 5.91. The Morgan fingerprint density at radius 2 is 1.37 bits per heavy atom. The summed E-state index contributed by atoms with van der Waals surface area (Å²) >= 11 is 5.52. The number of carbonyl (C=O) groups excluding carboxylic acids is 2. The maximum Gasteiger partial charge on any atom is 0.417 e. The van der Waals surface area contributed by atoms with Crippen LogP contribution in [0, 0.1) is 0 Å². The van der Waals surface area contributed by atoms with Crippen molar-refractivity contribution in [3.63, 3.8) is 0 Å². The molecule has 1 heterocycles. The maximum atomic E-state index is 12.9. The SMILES string of the molecule is O=C(NNC(=O)c1ccc(Cl)c(C(F)(F)F)c1)c1ccc(Oc2ccncc2)cc1. The first kappa shape index (κ1) is 21.1. The third kappa shape index (κ3) is 5.26. The summed E-state index contributed by atoms with van der Waals surface area (Å²) in [6.07, 6.45) is -1.58. The van der Waals surface area contributed by atoms with Crippen LogP contribution in [-0.2, 0) is 6.18 Å². The fourth-order valence-electron chi connectivity index (χ4n) is 2.36. The summed E-state index contributed by atoms with van der Waals surface area (Å²) in [7, 11) is 0. The fourth-order valence-corrected chi connectivity index (χ4v) is 2.58. The quantitative estimate of drug-likeness (QED) is 0.586. The standard InChI is InChI=1S/C20H13ClF3N3O3/c21-17-6-3-13(11-16(17)20(22,23)24)19(29)27-26-18(28)12-1-4-14(5-2-12)30-15-7-9-25-10-8-15/h1-11H,(H,26,28)(H,27,29). The van der Waals surface area contributed by atoms with Gasteiger partial charge in [-0.3, -0.25) is 25.4 Å². The number of ether oxygens (including phenoxy) is 1. The summed E-state index contributed by atoms with van der Waals surface area (Å²) in [4.78, 5) is 28.1. The van der Waals surface area contributed by atoms with Crippen molar-refractivity contribution in [3.05, 3.63) is 88.7 Å². The number of nitrogens with one attached hydrogen (secondary N) is 2. The fraction of sp³-hybridized carbons (Fsp3) is 0.0500. The number of amides is 2. The first-order chi connectivity index (χ1) is 14.2. The van der Waals surface area contributed by atoms with Crippen molar-refractivity contribution >= 4 is 23.4 Å². The third-order valence-electron chi connectivity index (χ3n) is 3.83. The molecule has 0 bridgehead atoms. The van der Waals surface area contributed by atoms with Gasteiger partial charge in [0.05, 0.1) is 10.6 Å². The average Bonchev–Trinajstić information content (AvgIpc) is 2.72. The normalized spacial score (nSPS) is 10.9. The Morgan fingerprint density at radius 3 is 1.97 bits per heavy atom.